The number of rotatable bonds is 7. The van der Waals surface area contributed by atoms with Crippen LogP contribution in [0.2, 0.25) is 0 Å². The molecular weight excluding hydrogens is 394 g/mol. The van der Waals surface area contributed by atoms with Gasteiger partial charge in [-0.3, -0.25) is 4.79 Å². The van der Waals surface area contributed by atoms with Crippen molar-refractivity contribution in [3.05, 3.63) is 47.9 Å². The molecule has 1 fully saturated rings. The summed E-state index contributed by atoms with van der Waals surface area (Å²) < 4.78 is 37.5. The van der Waals surface area contributed by atoms with Gasteiger partial charge in [-0.1, -0.05) is 0 Å². The first-order valence-corrected chi connectivity index (χ1v) is 11.1. The summed E-state index contributed by atoms with van der Waals surface area (Å²) >= 11 is 0. The predicted octanol–water partition coefficient (Wildman–Crippen LogP) is 0.651. The van der Waals surface area contributed by atoms with Crippen LogP contribution < -0.4 is 10.2 Å². The zero-order chi connectivity index (χ0) is 21.0. The number of hydrogen-bond donors (Lipinski definition) is 2. The predicted molar refractivity (Wildman–Crippen MR) is 108 cm³/mol. The van der Waals surface area contributed by atoms with Gasteiger partial charge in [-0.25, -0.2) is 8.42 Å². The Morgan fingerprint density at radius 3 is 2.41 bits per heavy atom. The molecule has 1 aromatic carbocycles. The average Bonchev–Trinajstić information content (AvgIpc) is 3.13. The lowest BCUT2D eigenvalue weighted by molar-refractivity contribution is -0.908. The topological polar surface area (TPSA) is 93.3 Å². The third-order valence-electron chi connectivity index (χ3n) is 5.11. The summed E-state index contributed by atoms with van der Waals surface area (Å²) in [5, 5.41) is 2.85. The number of nitrogens with one attached hydrogen (secondary N) is 2. The van der Waals surface area contributed by atoms with Gasteiger partial charge in [0, 0.05) is 18.8 Å². The van der Waals surface area contributed by atoms with E-state index in [1.807, 2.05) is 33.0 Å². The molecule has 0 saturated carbocycles. The molecule has 1 saturated heterocycles. The average molecular weight is 423 g/mol. The number of amides is 1. The minimum atomic E-state index is -3.54. The molecule has 0 radical (unpaired) electrons. The van der Waals surface area contributed by atoms with Gasteiger partial charge in [-0.05, 0) is 50.2 Å². The van der Waals surface area contributed by atoms with Crippen LogP contribution in [0, 0.1) is 6.92 Å². The van der Waals surface area contributed by atoms with E-state index in [4.69, 9.17) is 9.15 Å². The molecule has 3 rings (SSSR count). The maximum atomic E-state index is 12.7. The molecule has 0 spiro atoms. The van der Waals surface area contributed by atoms with Gasteiger partial charge in [0.05, 0.1) is 25.2 Å². The fraction of sp³-hybridized carbons (Fsp3) is 0.450. The van der Waals surface area contributed by atoms with E-state index in [-0.39, 0.29) is 16.8 Å². The van der Waals surface area contributed by atoms with Crippen molar-refractivity contribution in [2.24, 2.45) is 0 Å². The normalized spacial score (nSPS) is 17.6. The number of morpholine rings is 1. The Kier molecular flexibility index (Phi) is 6.74. The van der Waals surface area contributed by atoms with Crippen molar-refractivity contribution in [2.75, 3.05) is 38.7 Å². The lowest BCUT2D eigenvalue weighted by Crippen LogP contribution is -3.12. The van der Waals surface area contributed by atoms with Crippen molar-refractivity contribution in [3.8, 4) is 0 Å². The Morgan fingerprint density at radius 1 is 1.17 bits per heavy atom. The SMILES string of the molecule is Cc1ccc(C[NH+](C)[C@@H](C)C(=O)Nc2ccc(S(=O)(=O)N3CCOCC3)cc2)o1. The third kappa shape index (κ3) is 5.24. The maximum Gasteiger partial charge on any atom is 0.282 e. The first-order chi connectivity index (χ1) is 13.8. The first kappa shape index (κ1) is 21.5. The zero-order valence-electron chi connectivity index (χ0n) is 17.0. The van der Waals surface area contributed by atoms with E-state index in [1.54, 1.807) is 12.1 Å². The van der Waals surface area contributed by atoms with Crippen molar-refractivity contribution in [2.45, 2.75) is 31.3 Å². The van der Waals surface area contributed by atoms with Crippen molar-refractivity contribution in [3.63, 3.8) is 0 Å². The highest BCUT2D eigenvalue weighted by Crippen LogP contribution is 2.19. The van der Waals surface area contributed by atoms with E-state index in [9.17, 15) is 13.2 Å². The van der Waals surface area contributed by atoms with Crippen LogP contribution in [0.5, 0.6) is 0 Å². The van der Waals surface area contributed by atoms with Crippen molar-refractivity contribution >= 4 is 21.6 Å². The molecule has 0 bridgehead atoms. The van der Waals surface area contributed by atoms with Gasteiger partial charge < -0.3 is 19.4 Å². The molecular formula is C20H28N3O5S+. The number of quaternary nitrogens is 1. The molecule has 9 heteroatoms. The van der Waals surface area contributed by atoms with Crippen molar-refractivity contribution in [1.82, 2.24) is 4.31 Å². The number of hydrogen-bond acceptors (Lipinski definition) is 5. The van der Waals surface area contributed by atoms with Gasteiger partial charge in [-0.15, -0.1) is 0 Å². The highest BCUT2D eigenvalue weighted by Gasteiger charge is 2.27. The van der Waals surface area contributed by atoms with Crippen LogP contribution in [0.4, 0.5) is 5.69 Å². The molecule has 2 aromatic rings. The van der Waals surface area contributed by atoms with Gasteiger partial charge in [-0.2, -0.15) is 4.31 Å². The second-order valence-electron chi connectivity index (χ2n) is 7.29. The van der Waals surface area contributed by atoms with Crippen LogP contribution in [0.3, 0.4) is 0 Å². The number of furan rings is 1. The second kappa shape index (κ2) is 9.08. The van der Waals surface area contributed by atoms with Crippen LogP contribution >= 0.6 is 0 Å². The Hall–Kier alpha value is -2.20. The summed E-state index contributed by atoms with van der Waals surface area (Å²) in [6.45, 7) is 5.83. The van der Waals surface area contributed by atoms with E-state index in [1.165, 1.54) is 16.4 Å². The number of aryl methyl sites for hydroxylation is 1. The number of carbonyl (C=O) groups excluding carboxylic acids is 1. The smallest absolute Gasteiger partial charge is 0.282 e. The number of nitrogens with zero attached hydrogens (tertiary/aromatic N) is 1. The van der Waals surface area contributed by atoms with E-state index < -0.39 is 10.0 Å². The van der Waals surface area contributed by atoms with Crippen LogP contribution in [0.15, 0.2) is 45.7 Å². The van der Waals surface area contributed by atoms with Gasteiger partial charge >= 0.3 is 0 Å². The Labute approximate surface area is 171 Å². The lowest BCUT2D eigenvalue weighted by atomic mass is 10.2. The van der Waals surface area contributed by atoms with Crippen LogP contribution in [-0.2, 0) is 26.1 Å². The summed E-state index contributed by atoms with van der Waals surface area (Å²) in [5.41, 5.74) is 0.560. The summed E-state index contributed by atoms with van der Waals surface area (Å²) in [6.07, 6.45) is 0. The number of carbonyl (C=O) groups is 1. The molecule has 0 aliphatic carbocycles. The number of ether oxygens (including phenoxy) is 1. The van der Waals surface area contributed by atoms with E-state index >= 15 is 0 Å². The van der Waals surface area contributed by atoms with Crippen molar-refractivity contribution < 1.29 is 27.3 Å². The summed E-state index contributed by atoms with van der Waals surface area (Å²) in [7, 11) is -1.61. The number of anilines is 1. The van der Waals surface area contributed by atoms with Crippen LogP contribution in [-0.4, -0.2) is 58.0 Å². The summed E-state index contributed by atoms with van der Waals surface area (Å²) in [5.74, 6) is 1.53. The van der Waals surface area contributed by atoms with Crippen LogP contribution in [0.1, 0.15) is 18.4 Å². The van der Waals surface area contributed by atoms with E-state index in [0.717, 1.165) is 16.4 Å². The van der Waals surface area contributed by atoms with Gasteiger partial charge in [0.25, 0.3) is 5.91 Å². The Bertz CT molecular complexity index is 933. The Morgan fingerprint density at radius 2 is 1.83 bits per heavy atom. The largest absolute Gasteiger partial charge is 0.460 e. The zero-order valence-corrected chi connectivity index (χ0v) is 17.8. The molecule has 2 heterocycles. The second-order valence-corrected chi connectivity index (χ2v) is 9.23. The van der Waals surface area contributed by atoms with Gasteiger partial charge in [0.1, 0.15) is 12.3 Å². The number of sulfonamides is 1. The molecule has 1 amide bonds. The van der Waals surface area contributed by atoms with E-state index in [0.29, 0.717) is 38.5 Å². The van der Waals surface area contributed by atoms with E-state index in [2.05, 4.69) is 5.32 Å². The first-order valence-electron chi connectivity index (χ1n) is 9.64. The Balaban J connectivity index is 1.60. The molecule has 1 unspecified atom stereocenters. The minimum absolute atomic E-state index is 0.144. The molecule has 8 nitrogen and oxygen atoms in total. The van der Waals surface area contributed by atoms with Crippen molar-refractivity contribution in [1.29, 1.82) is 0 Å². The highest BCUT2D eigenvalue weighted by atomic mass is 32.2. The molecule has 2 N–H and O–H groups in total. The monoisotopic (exact) mass is 422 g/mol. The molecule has 1 aliphatic heterocycles. The fourth-order valence-corrected chi connectivity index (χ4v) is 4.54. The molecule has 1 aromatic heterocycles. The van der Waals surface area contributed by atoms with Gasteiger partial charge in [0.2, 0.25) is 10.0 Å². The maximum absolute atomic E-state index is 12.7. The number of likely N-dealkylation sites (N-methyl/N-ethyl adjacent to an activating group) is 1. The third-order valence-corrected chi connectivity index (χ3v) is 7.02. The minimum Gasteiger partial charge on any atom is -0.460 e. The van der Waals surface area contributed by atoms with Gasteiger partial charge in [0.15, 0.2) is 11.8 Å². The standard InChI is InChI=1S/C20H27N3O5S/c1-15-4-7-18(28-15)14-22(3)16(2)20(24)21-17-5-8-19(9-6-17)29(25,26)23-10-12-27-13-11-23/h4-9,16H,10-14H2,1-3H3,(H,21,24)/p+1/t16-/m0/s1. The lowest BCUT2D eigenvalue weighted by Gasteiger charge is -2.26. The molecule has 1 aliphatic rings. The molecule has 158 valence electrons. The quantitative estimate of drug-likeness (QED) is 0.684. The number of benzene rings is 1. The van der Waals surface area contributed by atoms with Crippen LogP contribution in [0.25, 0.3) is 0 Å². The summed E-state index contributed by atoms with van der Waals surface area (Å²) in [4.78, 5) is 13.8. The molecule has 2 atom stereocenters. The summed E-state index contributed by atoms with van der Waals surface area (Å²) in [6, 6.07) is 9.78. The molecule has 29 heavy (non-hydrogen) atoms. The fourth-order valence-electron chi connectivity index (χ4n) is 3.13. The highest BCUT2D eigenvalue weighted by molar-refractivity contribution is 7.89.